The van der Waals surface area contributed by atoms with Crippen LogP contribution in [-0.4, -0.2) is 31.4 Å². The first kappa shape index (κ1) is 15.2. The second-order valence-electron chi connectivity index (χ2n) is 5.39. The number of carbonyl (C=O) groups excluding carboxylic acids is 1. The summed E-state index contributed by atoms with van der Waals surface area (Å²) in [6.45, 7) is 0.600. The molecular formula is C17H18N2OS2. The predicted octanol–water partition coefficient (Wildman–Crippen LogP) is 4.00. The maximum absolute atomic E-state index is 12.1. The van der Waals surface area contributed by atoms with E-state index in [1.54, 1.807) is 11.3 Å². The van der Waals surface area contributed by atoms with Crippen LogP contribution >= 0.6 is 22.7 Å². The van der Waals surface area contributed by atoms with Crippen molar-refractivity contribution in [3.8, 4) is 0 Å². The van der Waals surface area contributed by atoms with Crippen LogP contribution in [0.25, 0.3) is 10.1 Å². The van der Waals surface area contributed by atoms with Crippen molar-refractivity contribution in [2.75, 3.05) is 20.6 Å². The largest absolute Gasteiger partial charge is 0.350 e. The number of carbonyl (C=O) groups is 1. The maximum Gasteiger partial charge on any atom is 0.252 e. The van der Waals surface area contributed by atoms with Gasteiger partial charge in [0.2, 0.25) is 0 Å². The molecular weight excluding hydrogens is 312 g/mol. The van der Waals surface area contributed by atoms with Crippen LogP contribution in [0.1, 0.15) is 22.0 Å². The first-order valence-electron chi connectivity index (χ1n) is 7.10. The third kappa shape index (κ3) is 3.06. The molecule has 3 aromatic rings. The lowest BCUT2D eigenvalue weighted by molar-refractivity contribution is 0.0942. The molecule has 0 radical (unpaired) electrons. The van der Waals surface area contributed by atoms with Gasteiger partial charge in [-0.15, -0.1) is 11.3 Å². The lowest BCUT2D eigenvalue weighted by atomic mass is 10.0. The van der Waals surface area contributed by atoms with Crippen molar-refractivity contribution in [1.29, 1.82) is 0 Å². The van der Waals surface area contributed by atoms with Gasteiger partial charge in [-0.2, -0.15) is 11.3 Å². The van der Waals surface area contributed by atoms with Gasteiger partial charge in [-0.3, -0.25) is 4.79 Å². The molecule has 2 heterocycles. The van der Waals surface area contributed by atoms with Gasteiger partial charge in [-0.1, -0.05) is 18.2 Å². The van der Waals surface area contributed by atoms with Gasteiger partial charge in [0.15, 0.2) is 0 Å². The van der Waals surface area contributed by atoms with E-state index in [1.165, 1.54) is 27.0 Å². The molecule has 3 rings (SSSR count). The number of rotatable bonds is 5. The minimum Gasteiger partial charge on any atom is -0.350 e. The second kappa shape index (κ2) is 6.60. The Bertz CT molecular complexity index is 762. The summed E-state index contributed by atoms with van der Waals surface area (Å²) in [5.74, 6) is -0.00682. The van der Waals surface area contributed by atoms with Crippen LogP contribution in [-0.2, 0) is 0 Å². The van der Waals surface area contributed by atoms with Crippen LogP contribution in [0.4, 0.5) is 0 Å². The second-order valence-corrected chi connectivity index (χ2v) is 7.08. The highest BCUT2D eigenvalue weighted by Crippen LogP contribution is 2.32. The molecule has 22 heavy (non-hydrogen) atoms. The van der Waals surface area contributed by atoms with E-state index >= 15 is 0 Å². The van der Waals surface area contributed by atoms with Crippen LogP contribution in [0, 0.1) is 0 Å². The van der Waals surface area contributed by atoms with Crippen molar-refractivity contribution in [2.24, 2.45) is 0 Å². The minimum atomic E-state index is -0.00682. The molecule has 0 unspecified atom stereocenters. The number of benzene rings is 1. The Kier molecular flexibility index (Phi) is 4.57. The third-order valence-corrected chi connectivity index (χ3v) is 5.40. The van der Waals surface area contributed by atoms with Crippen LogP contribution in [0.5, 0.6) is 0 Å². The number of fused-ring (bicyclic) bond motifs is 1. The molecule has 0 aliphatic rings. The number of nitrogens with one attached hydrogen (secondary N) is 1. The number of nitrogens with zero attached hydrogens (tertiary/aromatic N) is 1. The Morgan fingerprint density at radius 3 is 2.77 bits per heavy atom. The molecule has 0 bridgehead atoms. The fourth-order valence-electron chi connectivity index (χ4n) is 2.51. The molecule has 3 nitrogen and oxygen atoms in total. The SMILES string of the molecule is CN(C)[C@@H](CNC(=O)c1ccsc1)c1csc2ccccc12. The summed E-state index contributed by atoms with van der Waals surface area (Å²) in [7, 11) is 4.10. The van der Waals surface area contributed by atoms with Crippen molar-refractivity contribution < 1.29 is 4.79 Å². The average Bonchev–Trinajstić information content (AvgIpc) is 3.17. The van der Waals surface area contributed by atoms with Gasteiger partial charge in [0.05, 0.1) is 6.04 Å². The van der Waals surface area contributed by atoms with Gasteiger partial charge < -0.3 is 10.2 Å². The molecule has 1 aromatic carbocycles. The maximum atomic E-state index is 12.1. The van der Waals surface area contributed by atoms with Crippen molar-refractivity contribution in [3.05, 3.63) is 57.6 Å². The fourth-order valence-corrected chi connectivity index (χ4v) is 4.16. The van der Waals surface area contributed by atoms with Gasteiger partial charge >= 0.3 is 0 Å². The Morgan fingerprint density at radius 2 is 2.05 bits per heavy atom. The molecule has 1 N–H and O–H groups in total. The van der Waals surface area contributed by atoms with Crippen molar-refractivity contribution in [1.82, 2.24) is 10.2 Å². The predicted molar refractivity (Wildman–Crippen MR) is 94.9 cm³/mol. The topological polar surface area (TPSA) is 32.3 Å². The average molecular weight is 330 g/mol. The summed E-state index contributed by atoms with van der Waals surface area (Å²) >= 11 is 3.29. The van der Waals surface area contributed by atoms with Crippen LogP contribution in [0.3, 0.4) is 0 Å². The number of likely N-dealkylation sites (N-methyl/N-ethyl adjacent to an activating group) is 1. The first-order chi connectivity index (χ1) is 10.7. The summed E-state index contributed by atoms with van der Waals surface area (Å²) < 4.78 is 1.29. The summed E-state index contributed by atoms with van der Waals surface area (Å²) in [6, 6.07) is 10.4. The Hall–Kier alpha value is -1.69. The number of thiophene rings is 2. The molecule has 114 valence electrons. The zero-order valence-corrected chi connectivity index (χ0v) is 14.2. The van der Waals surface area contributed by atoms with E-state index in [0.717, 1.165) is 5.56 Å². The monoisotopic (exact) mass is 330 g/mol. The van der Waals surface area contributed by atoms with E-state index in [9.17, 15) is 4.79 Å². The lowest BCUT2D eigenvalue weighted by Gasteiger charge is -2.24. The number of amides is 1. The van der Waals surface area contributed by atoms with E-state index in [0.29, 0.717) is 6.54 Å². The molecule has 1 atom stereocenters. The van der Waals surface area contributed by atoms with E-state index < -0.39 is 0 Å². The van der Waals surface area contributed by atoms with E-state index in [-0.39, 0.29) is 11.9 Å². The van der Waals surface area contributed by atoms with Gasteiger partial charge in [-0.05, 0) is 47.9 Å². The standard InChI is InChI=1S/C17H18N2OS2/c1-19(2)15(9-18-17(20)12-7-8-21-10-12)14-11-22-16-6-4-3-5-13(14)16/h3-8,10-11,15H,9H2,1-2H3,(H,18,20)/t15-/m0/s1. The smallest absolute Gasteiger partial charge is 0.252 e. The molecule has 0 aliphatic carbocycles. The van der Waals surface area contributed by atoms with Crippen LogP contribution in [0.15, 0.2) is 46.5 Å². The molecule has 0 aliphatic heterocycles. The van der Waals surface area contributed by atoms with Crippen molar-refractivity contribution in [3.63, 3.8) is 0 Å². The van der Waals surface area contributed by atoms with Crippen molar-refractivity contribution in [2.45, 2.75) is 6.04 Å². The summed E-state index contributed by atoms with van der Waals surface area (Å²) in [4.78, 5) is 14.3. The quantitative estimate of drug-likeness (QED) is 0.767. The molecule has 0 saturated carbocycles. The van der Waals surface area contributed by atoms with Crippen LogP contribution < -0.4 is 5.32 Å². The third-order valence-electron chi connectivity index (χ3n) is 3.73. The highest BCUT2D eigenvalue weighted by Gasteiger charge is 2.19. The highest BCUT2D eigenvalue weighted by atomic mass is 32.1. The molecule has 0 spiro atoms. The van der Waals surface area contributed by atoms with Gasteiger partial charge in [0.25, 0.3) is 5.91 Å². The number of hydrogen-bond acceptors (Lipinski definition) is 4. The van der Waals surface area contributed by atoms with Crippen LogP contribution in [0.2, 0.25) is 0 Å². The molecule has 5 heteroatoms. The van der Waals surface area contributed by atoms with Gasteiger partial charge in [0, 0.05) is 22.2 Å². The summed E-state index contributed by atoms with van der Waals surface area (Å²) in [5.41, 5.74) is 2.01. The Morgan fingerprint density at radius 1 is 1.23 bits per heavy atom. The van der Waals surface area contributed by atoms with E-state index in [1.807, 2.05) is 30.9 Å². The van der Waals surface area contributed by atoms with Crippen molar-refractivity contribution >= 4 is 38.7 Å². The summed E-state index contributed by atoms with van der Waals surface area (Å²) in [6.07, 6.45) is 0. The van der Waals surface area contributed by atoms with Gasteiger partial charge in [0.1, 0.15) is 0 Å². The van der Waals surface area contributed by atoms with Gasteiger partial charge in [-0.25, -0.2) is 0 Å². The molecule has 1 amide bonds. The zero-order valence-electron chi connectivity index (χ0n) is 12.6. The highest BCUT2D eigenvalue weighted by molar-refractivity contribution is 7.17. The molecule has 0 saturated heterocycles. The first-order valence-corrected chi connectivity index (χ1v) is 8.92. The van der Waals surface area contributed by atoms with E-state index in [4.69, 9.17) is 0 Å². The lowest BCUT2D eigenvalue weighted by Crippen LogP contribution is -2.34. The molecule has 2 aromatic heterocycles. The Balaban J connectivity index is 1.80. The minimum absolute atomic E-state index is 0.00682. The normalized spacial score (nSPS) is 12.7. The van der Waals surface area contributed by atoms with E-state index in [2.05, 4.69) is 39.9 Å². The summed E-state index contributed by atoms with van der Waals surface area (Å²) in [5, 5.41) is 10.3. The number of hydrogen-bond donors (Lipinski definition) is 1. The zero-order chi connectivity index (χ0) is 15.5. The fraction of sp³-hybridized carbons (Fsp3) is 0.235. The molecule has 0 fully saturated rings. The Labute approximate surface area is 138 Å².